The SMILES string of the molecule is O=C(Nc1ccc(-c2ccccc2)cc1)c1cccnc1N1CCOCC1. The van der Waals surface area contributed by atoms with Crippen LogP contribution in [0.25, 0.3) is 11.1 Å². The van der Waals surface area contributed by atoms with E-state index in [1.54, 1.807) is 12.3 Å². The van der Waals surface area contributed by atoms with Gasteiger partial charge in [0, 0.05) is 25.0 Å². The second-order valence-corrected chi connectivity index (χ2v) is 6.37. The summed E-state index contributed by atoms with van der Waals surface area (Å²) in [4.78, 5) is 19.3. The Hall–Kier alpha value is -3.18. The fourth-order valence-electron chi connectivity index (χ4n) is 3.18. The first-order valence-corrected chi connectivity index (χ1v) is 9.06. The largest absolute Gasteiger partial charge is 0.378 e. The number of morpholine rings is 1. The Morgan fingerprint density at radius 1 is 0.889 bits per heavy atom. The number of benzene rings is 2. The Labute approximate surface area is 158 Å². The lowest BCUT2D eigenvalue weighted by Crippen LogP contribution is -2.38. The summed E-state index contributed by atoms with van der Waals surface area (Å²) in [5.41, 5.74) is 3.60. The third-order valence-corrected chi connectivity index (χ3v) is 4.59. The molecule has 1 aliphatic rings. The van der Waals surface area contributed by atoms with Crippen molar-refractivity contribution < 1.29 is 9.53 Å². The van der Waals surface area contributed by atoms with Crippen LogP contribution in [-0.4, -0.2) is 37.2 Å². The van der Waals surface area contributed by atoms with Gasteiger partial charge < -0.3 is 15.0 Å². The monoisotopic (exact) mass is 359 g/mol. The maximum atomic E-state index is 12.8. The van der Waals surface area contributed by atoms with Crippen LogP contribution in [-0.2, 0) is 4.74 Å². The molecule has 0 radical (unpaired) electrons. The molecule has 0 atom stereocenters. The Balaban J connectivity index is 1.51. The summed E-state index contributed by atoms with van der Waals surface area (Å²) in [6, 6.07) is 21.6. The molecule has 4 rings (SSSR count). The molecule has 5 nitrogen and oxygen atoms in total. The summed E-state index contributed by atoms with van der Waals surface area (Å²) in [6.07, 6.45) is 1.72. The average molecular weight is 359 g/mol. The van der Waals surface area contributed by atoms with Crippen LogP contribution < -0.4 is 10.2 Å². The molecular weight excluding hydrogens is 338 g/mol. The Bertz CT molecular complexity index is 904. The molecule has 5 heteroatoms. The number of hydrogen-bond acceptors (Lipinski definition) is 4. The highest BCUT2D eigenvalue weighted by Gasteiger charge is 2.19. The van der Waals surface area contributed by atoms with Gasteiger partial charge in [0.15, 0.2) is 0 Å². The standard InChI is InChI=1S/C22H21N3O2/c26-22(20-7-4-12-23-21(20)25-13-15-27-16-14-25)24-19-10-8-18(9-11-19)17-5-2-1-3-6-17/h1-12H,13-16H2,(H,24,26). The van der Waals surface area contributed by atoms with E-state index < -0.39 is 0 Å². The van der Waals surface area contributed by atoms with Crippen LogP contribution in [0.2, 0.25) is 0 Å². The van der Waals surface area contributed by atoms with Gasteiger partial charge in [-0.25, -0.2) is 4.98 Å². The molecular formula is C22H21N3O2. The van der Waals surface area contributed by atoms with E-state index in [-0.39, 0.29) is 5.91 Å². The number of amides is 1. The van der Waals surface area contributed by atoms with Gasteiger partial charge in [-0.15, -0.1) is 0 Å². The molecule has 1 aromatic heterocycles. The third-order valence-electron chi connectivity index (χ3n) is 4.59. The van der Waals surface area contributed by atoms with E-state index in [1.165, 1.54) is 0 Å². The van der Waals surface area contributed by atoms with Gasteiger partial charge in [-0.05, 0) is 35.4 Å². The molecule has 0 aliphatic carbocycles. The summed E-state index contributed by atoms with van der Waals surface area (Å²) >= 11 is 0. The van der Waals surface area contributed by atoms with Crippen molar-refractivity contribution in [2.75, 3.05) is 36.5 Å². The zero-order valence-electron chi connectivity index (χ0n) is 15.0. The van der Waals surface area contributed by atoms with E-state index in [9.17, 15) is 4.79 Å². The van der Waals surface area contributed by atoms with Gasteiger partial charge in [-0.2, -0.15) is 0 Å². The maximum absolute atomic E-state index is 12.8. The molecule has 3 aromatic rings. The molecule has 0 bridgehead atoms. The highest BCUT2D eigenvalue weighted by molar-refractivity contribution is 6.07. The van der Waals surface area contributed by atoms with Crippen LogP contribution >= 0.6 is 0 Å². The summed E-state index contributed by atoms with van der Waals surface area (Å²) in [5, 5.41) is 2.98. The van der Waals surface area contributed by atoms with Gasteiger partial charge in [0.25, 0.3) is 5.91 Å². The topological polar surface area (TPSA) is 54.5 Å². The van der Waals surface area contributed by atoms with E-state index in [1.807, 2.05) is 48.5 Å². The van der Waals surface area contributed by atoms with E-state index in [0.29, 0.717) is 24.6 Å². The predicted molar refractivity (Wildman–Crippen MR) is 107 cm³/mol. The predicted octanol–water partition coefficient (Wildman–Crippen LogP) is 3.84. The second kappa shape index (κ2) is 8.01. The van der Waals surface area contributed by atoms with Gasteiger partial charge in [0.05, 0.1) is 18.8 Å². The first-order chi connectivity index (χ1) is 13.3. The van der Waals surface area contributed by atoms with Gasteiger partial charge in [0.1, 0.15) is 5.82 Å². The van der Waals surface area contributed by atoms with Crippen molar-refractivity contribution in [1.29, 1.82) is 0 Å². The first kappa shape index (κ1) is 17.2. The van der Waals surface area contributed by atoms with Gasteiger partial charge in [-0.1, -0.05) is 42.5 Å². The minimum absolute atomic E-state index is 0.156. The maximum Gasteiger partial charge on any atom is 0.259 e. The third kappa shape index (κ3) is 3.99. The number of rotatable bonds is 4. The van der Waals surface area contributed by atoms with Crippen molar-refractivity contribution in [3.05, 3.63) is 78.5 Å². The summed E-state index contributed by atoms with van der Waals surface area (Å²) in [7, 11) is 0. The Morgan fingerprint density at radius 2 is 1.59 bits per heavy atom. The van der Waals surface area contributed by atoms with Gasteiger partial charge in [0.2, 0.25) is 0 Å². The molecule has 1 aliphatic heterocycles. The molecule has 2 aromatic carbocycles. The number of hydrogen-bond donors (Lipinski definition) is 1. The van der Waals surface area contributed by atoms with Crippen LogP contribution in [0.1, 0.15) is 10.4 Å². The fourth-order valence-corrected chi connectivity index (χ4v) is 3.18. The van der Waals surface area contributed by atoms with Crippen LogP contribution in [0.15, 0.2) is 72.9 Å². The van der Waals surface area contributed by atoms with Crippen LogP contribution in [0.3, 0.4) is 0 Å². The Kier molecular flexibility index (Phi) is 5.12. The Morgan fingerprint density at radius 3 is 2.33 bits per heavy atom. The number of carbonyl (C=O) groups excluding carboxylic acids is 1. The number of nitrogens with zero attached hydrogens (tertiary/aromatic N) is 2. The first-order valence-electron chi connectivity index (χ1n) is 9.06. The average Bonchev–Trinajstić information content (AvgIpc) is 2.75. The van der Waals surface area contributed by atoms with E-state index in [0.717, 1.165) is 29.9 Å². The van der Waals surface area contributed by atoms with Crippen LogP contribution in [0.5, 0.6) is 0 Å². The van der Waals surface area contributed by atoms with Crippen molar-refractivity contribution in [3.8, 4) is 11.1 Å². The van der Waals surface area contributed by atoms with Crippen molar-refractivity contribution in [2.24, 2.45) is 0 Å². The van der Waals surface area contributed by atoms with Crippen LogP contribution in [0.4, 0.5) is 11.5 Å². The molecule has 1 amide bonds. The lowest BCUT2D eigenvalue weighted by Gasteiger charge is -2.29. The lowest BCUT2D eigenvalue weighted by molar-refractivity contribution is 0.102. The molecule has 1 saturated heterocycles. The zero-order valence-corrected chi connectivity index (χ0v) is 15.0. The number of carbonyl (C=O) groups is 1. The number of ether oxygens (including phenoxy) is 1. The molecule has 27 heavy (non-hydrogen) atoms. The summed E-state index contributed by atoms with van der Waals surface area (Å²) in [5.74, 6) is 0.552. The molecule has 136 valence electrons. The lowest BCUT2D eigenvalue weighted by atomic mass is 10.1. The van der Waals surface area contributed by atoms with Crippen molar-refractivity contribution in [2.45, 2.75) is 0 Å². The minimum Gasteiger partial charge on any atom is -0.378 e. The molecule has 2 heterocycles. The van der Waals surface area contributed by atoms with E-state index >= 15 is 0 Å². The number of anilines is 2. The van der Waals surface area contributed by atoms with Crippen molar-refractivity contribution in [1.82, 2.24) is 4.98 Å². The van der Waals surface area contributed by atoms with E-state index in [2.05, 4.69) is 27.3 Å². The summed E-state index contributed by atoms with van der Waals surface area (Å²) < 4.78 is 5.39. The number of nitrogens with one attached hydrogen (secondary N) is 1. The van der Waals surface area contributed by atoms with Crippen LogP contribution in [0, 0.1) is 0 Å². The number of pyridine rings is 1. The normalized spacial score (nSPS) is 14.0. The fraction of sp³-hybridized carbons (Fsp3) is 0.182. The molecule has 1 fully saturated rings. The number of aromatic nitrogens is 1. The molecule has 1 N–H and O–H groups in total. The highest BCUT2D eigenvalue weighted by atomic mass is 16.5. The van der Waals surface area contributed by atoms with Gasteiger partial charge >= 0.3 is 0 Å². The summed E-state index contributed by atoms with van der Waals surface area (Å²) in [6.45, 7) is 2.78. The minimum atomic E-state index is -0.156. The van der Waals surface area contributed by atoms with Crippen molar-refractivity contribution >= 4 is 17.4 Å². The smallest absolute Gasteiger partial charge is 0.259 e. The highest BCUT2D eigenvalue weighted by Crippen LogP contribution is 2.23. The van der Waals surface area contributed by atoms with Gasteiger partial charge in [-0.3, -0.25) is 4.79 Å². The molecule has 0 spiro atoms. The van der Waals surface area contributed by atoms with Crippen molar-refractivity contribution in [3.63, 3.8) is 0 Å². The molecule has 0 saturated carbocycles. The zero-order chi connectivity index (χ0) is 18.5. The quantitative estimate of drug-likeness (QED) is 0.769. The molecule has 0 unspecified atom stereocenters. The van der Waals surface area contributed by atoms with E-state index in [4.69, 9.17) is 4.74 Å². The second-order valence-electron chi connectivity index (χ2n) is 6.37.